The summed E-state index contributed by atoms with van der Waals surface area (Å²) in [6.07, 6.45) is -0.231. The number of nitrogens with zero attached hydrogens (tertiary/aromatic N) is 1. The third-order valence-electron chi connectivity index (χ3n) is 2.58. The van der Waals surface area contributed by atoms with Crippen molar-refractivity contribution in [2.24, 2.45) is 0 Å². The molecule has 2 aliphatic rings. The molecule has 3 nitrogen and oxygen atoms in total. The van der Waals surface area contributed by atoms with E-state index in [1.54, 1.807) is 4.90 Å². The minimum atomic E-state index is -0.231. The Kier molecular flexibility index (Phi) is 1.27. The summed E-state index contributed by atoms with van der Waals surface area (Å²) >= 11 is 0. The van der Waals surface area contributed by atoms with E-state index in [0.29, 0.717) is 6.61 Å². The van der Waals surface area contributed by atoms with Gasteiger partial charge in [0.05, 0.1) is 12.6 Å². The number of ether oxygens (including phenoxy) is 1. The van der Waals surface area contributed by atoms with Crippen LogP contribution < -0.4 is 0 Å². The van der Waals surface area contributed by atoms with Gasteiger partial charge in [0.25, 0.3) is 5.91 Å². The number of fused-ring (bicyclic) bond motifs is 1. The van der Waals surface area contributed by atoms with Gasteiger partial charge in [-0.2, -0.15) is 0 Å². The van der Waals surface area contributed by atoms with Crippen molar-refractivity contribution in [3.8, 4) is 0 Å². The molecule has 0 aliphatic carbocycles. The quantitative estimate of drug-likeness (QED) is 0.594. The zero-order valence-electron chi connectivity index (χ0n) is 7.01. The van der Waals surface area contributed by atoms with E-state index in [9.17, 15) is 4.79 Å². The van der Waals surface area contributed by atoms with Crippen molar-refractivity contribution >= 4 is 5.91 Å². The molecule has 0 N–H and O–H groups in total. The molecule has 13 heavy (non-hydrogen) atoms. The maximum absolute atomic E-state index is 11.1. The highest BCUT2D eigenvalue weighted by molar-refractivity contribution is 5.96. The Morgan fingerprint density at radius 1 is 1.31 bits per heavy atom. The topological polar surface area (TPSA) is 29.3 Å². The monoisotopic (exact) mass is 175 g/mol. The largest absolute Gasteiger partial charge is 0.347 e. The van der Waals surface area contributed by atoms with Crippen molar-refractivity contribution in [2.75, 3.05) is 6.61 Å². The first-order valence-corrected chi connectivity index (χ1v) is 4.36. The van der Waals surface area contributed by atoms with E-state index in [1.807, 2.05) is 30.3 Å². The molecule has 2 heterocycles. The number of rotatable bonds is 1. The van der Waals surface area contributed by atoms with Crippen molar-refractivity contribution in [1.82, 2.24) is 4.90 Å². The second-order valence-corrected chi connectivity index (χ2v) is 3.36. The fourth-order valence-corrected chi connectivity index (χ4v) is 1.84. The molecule has 0 saturated carbocycles. The fraction of sp³-hybridized carbons (Fsp3) is 0.300. The number of carbonyl (C=O) groups is 1. The summed E-state index contributed by atoms with van der Waals surface area (Å²) in [6, 6.07) is 10.1. The first-order chi connectivity index (χ1) is 6.38. The van der Waals surface area contributed by atoms with Crippen molar-refractivity contribution in [2.45, 2.75) is 12.3 Å². The van der Waals surface area contributed by atoms with Crippen LogP contribution in [0.1, 0.15) is 11.6 Å². The van der Waals surface area contributed by atoms with E-state index in [1.165, 1.54) is 0 Å². The SMILES string of the molecule is O=C1C2OC[C@@H](c3ccccc3)N12. The van der Waals surface area contributed by atoms with Gasteiger partial charge in [0, 0.05) is 0 Å². The highest BCUT2D eigenvalue weighted by Gasteiger charge is 2.56. The second kappa shape index (κ2) is 2.33. The Balaban J connectivity index is 1.91. The Labute approximate surface area is 75.9 Å². The smallest absolute Gasteiger partial charge is 0.275 e. The predicted octanol–water partition coefficient (Wildman–Crippen LogP) is 0.926. The molecule has 1 aromatic rings. The van der Waals surface area contributed by atoms with Crippen molar-refractivity contribution in [3.05, 3.63) is 35.9 Å². The lowest BCUT2D eigenvalue weighted by Crippen LogP contribution is -2.11. The molecule has 3 heteroatoms. The second-order valence-electron chi connectivity index (χ2n) is 3.36. The molecule has 2 fully saturated rings. The first-order valence-electron chi connectivity index (χ1n) is 4.36. The Morgan fingerprint density at radius 2 is 2.08 bits per heavy atom. The minimum Gasteiger partial charge on any atom is -0.347 e. The molecule has 0 aromatic heterocycles. The van der Waals surface area contributed by atoms with Crippen LogP contribution >= 0.6 is 0 Å². The summed E-state index contributed by atoms with van der Waals surface area (Å²) < 4.78 is 5.28. The molecule has 0 spiro atoms. The average molecular weight is 175 g/mol. The molecule has 2 aliphatic heterocycles. The molecule has 3 rings (SSSR count). The normalized spacial score (nSPS) is 30.5. The third-order valence-corrected chi connectivity index (χ3v) is 2.58. The van der Waals surface area contributed by atoms with Gasteiger partial charge in [0.2, 0.25) is 6.23 Å². The first kappa shape index (κ1) is 7.09. The predicted molar refractivity (Wildman–Crippen MR) is 45.8 cm³/mol. The lowest BCUT2D eigenvalue weighted by atomic mass is 10.1. The molecule has 0 bridgehead atoms. The molecule has 1 amide bonds. The molecule has 2 saturated heterocycles. The van der Waals surface area contributed by atoms with E-state index in [-0.39, 0.29) is 18.2 Å². The zero-order chi connectivity index (χ0) is 8.84. The lowest BCUT2D eigenvalue weighted by molar-refractivity contribution is -0.118. The van der Waals surface area contributed by atoms with E-state index in [2.05, 4.69) is 0 Å². The Bertz CT molecular complexity index is 349. The van der Waals surface area contributed by atoms with E-state index in [0.717, 1.165) is 5.56 Å². The van der Waals surface area contributed by atoms with Crippen LogP contribution in [-0.4, -0.2) is 23.6 Å². The van der Waals surface area contributed by atoms with Crippen molar-refractivity contribution in [3.63, 3.8) is 0 Å². The van der Waals surface area contributed by atoms with Crippen molar-refractivity contribution in [1.29, 1.82) is 0 Å². The third kappa shape index (κ3) is 0.906. The average Bonchev–Trinajstić information content (AvgIpc) is 2.67. The Hall–Kier alpha value is -1.35. The van der Waals surface area contributed by atoms with E-state index in [4.69, 9.17) is 4.74 Å². The van der Waals surface area contributed by atoms with Gasteiger partial charge in [-0.3, -0.25) is 9.69 Å². The molecular formula is C10H9NO2. The number of hydrogen-bond donors (Lipinski definition) is 0. The van der Waals surface area contributed by atoms with Gasteiger partial charge in [0.15, 0.2) is 0 Å². The maximum atomic E-state index is 11.1. The van der Waals surface area contributed by atoms with Gasteiger partial charge >= 0.3 is 0 Å². The van der Waals surface area contributed by atoms with Gasteiger partial charge in [-0.05, 0) is 5.56 Å². The van der Waals surface area contributed by atoms with Crippen LogP contribution in [0.15, 0.2) is 30.3 Å². The fourth-order valence-electron chi connectivity index (χ4n) is 1.84. The van der Waals surface area contributed by atoms with Gasteiger partial charge in [-0.25, -0.2) is 0 Å². The molecule has 66 valence electrons. The van der Waals surface area contributed by atoms with Gasteiger partial charge in [-0.15, -0.1) is 0 Å². The molecule has 0 radical (unpaired) electrons. The summed E-state index contributed by atoms with van der Waals surface area (Å²) in [6.45, 7) is 0.639. The number of morpholine rings is 1. The summed E-state index contributed by atoms with van der Waals surface area (Å²) in [5.74, 6) is 0.125. The number of amides is 1. The summed E-state index contributed by atoms with van der Waals surface area (Å²) in [5.41, 5.74) is 1.16. The molecule has 2 atom stereocenters. The highest BCUT2D eigenvalue weighted by atomic mass is 16.5. The minimum absolute atomic E-state index is 0.125. The van der Waals surface area contributed by atoms with Crippen LogP contribution in [-0.2, 0) is 9.53 Å². The number of hydrogen-bond acceptors (Lipinski definition) is 2. The van der Waals surface area contributed by atoms with Gasteiger partial charge in [-0.1, -0.05) is 30.3 Å². The molecule has 1 unspecified atom stereocenters. The van der Waals surface area contributed by atoms with Crippen molar-refractivity contribution < 1.29 is 9.53 Å². The van der Waals surface area contributed by atoms with Crippen LogP contribution in [0.4, 0.5) is 0 Å². The highest BCUT2D eigenvalue weighted by Crippen LogP contribution is 2.40. The summed E-state index contributed by atoms with van der Waals surface area (Å²) in [5, 5.41) is 0. The van der Waals surface area contributed by atoms with Crippen LogP contribution in [0.25, 0.3) is 0 Å². The number of carbonyl (C=O) groups excluding carboxylic acids is 1. The summed E-state index contributed by atoms with van der Waals surface area (Å²) in [7, 11) is 0. The zero-order valence-corrected chi connectivity index (χ0v) is 7.01. The van der Waals surface area contributed by atoms with Crippen LogP contribution in [0.2, 0.25) is 0 Å². The molecular weight excluding hydrogens is 166 g/mol. The van der Waals surface area contributed by atoms with E-state index >= 15 is 0 Å². The lowest BCUT2D eigenvalue weighted by Gasteiger charge is -2.10. The van der Waals surface area contributed by atoms with Crippen LogP contribution in [0.3, 0.4) is 0 Å². The van der Waals surface area contributed by atoms with E-state index < -0.39 is 0 Å². The Morgan fingerprint density at radius 3 is 2.69 bits per heavy atom. The maximum Gasteiger partial charge on any atom is 0.275 e. The van der Waals surface area contributed by atoms with Gasteiger partial charge < -0.3 is 4.74 Å². The van der Waals surface area contributed by atoms with Crippen LogP contribution in [0, 0.1) is 0 Å². The summed E-state index contributed by atoms with van der Waals surface area (Å²) in [4.78, 5) is 12.9. The number of benzene rings is 1. The standard InChI is InChI=1S/C10H9NO2/c12-9-10-11(9)8(6-13-10)7-4-2-1-3-5-7/h1-5,8,10H,6H2/t8-,10?,11?/m0/s1. The van der Waals surface area contributed by atoms with Crippen LogP contribution in [0.5, 0.6) is 0 Å². The molecule has 1 aromatic carbocycles. The van der Waals surface area contributed by atoms with Gasteiger partial charge in [0.1, 0.15) is 0 Å².